The van der Waals surface area contributed by atoms with Crippen LogP contribution in [-0.4, -0.2) is 52.6 Å². The predicted octanol–water partition coefficient (Wildman–Crippen LogP) is 3.12. The second-order valence-corrected chi connectivity index (χ2v) is 10.1. The van der Waals surface area contributed by atoms with Crippen LogP contribution in [0.15, 0.2) is 29.3 Å². The smallest absolute Gasteiger partial charge is 0.191 e. The first-order valence-electron chi connectivity index (χ1n) is 9.10. The largest absolute Gasteiger partial charge is 0.487 e. The molecule has 0 saturated heterocycles. The van der Waals surface area contributed by atoms with Crippen LogP contribution in [-0.2, 0) is 9.84 Å². The molecular weight excluding hydrogens is 386 g/mol. The zero-order chi connectivity index (χ0) is 20.5. The molecule has 0 aliphatic heterocycles. The van der Waals surface area contributed by atoms with Crippen molar-refractivity contribution in [3.8, 4) is 5.75 Å². The van der Waals surface area contributed by atoms with Crippen LogP contribution < -0.4 is 15.4 Å². The number of sulfone groups is 1. The van der Waals surface area contributed by atoms with E-state index in [-0.39, 0.29) is 17.3 Å². The average molecular weight is 418 g/mol. The predicted molar refractivity (Wildman–Crippen MR) is 114 cm³/mol. The molecule has 1 unspecified atom stereocenters. The number of ether oxygens (including phenoxy) is 1. The van der Waals surface area contributed by atoms with Gasteiger partial charge in [-0.2, -0.15) is 0 Å². The number of aliphatic imine (C=N–C) groups is 1. The van der Waals surface area contributed by atoms with Crippen molar-refractivity contribution in [1.29, 1.82) is 0 Å². The summed E-state index contributed by atoms with van der Waals surface area (Å²) >= 11 is 6.15. The molecule has 1 rings (SSSR count). The van der Waals surface area contributed by atoms with Gasteiger partial charge in [0, 0.05) is 19.8 Å². The number of halogens is 1. The van der Waals surface area contributed by atoms with E-state index in [2.05, 4.69) is 15.6 Å². The van der Waals surface area contributed by atoms with Crippen LogP contribution in [0.2, 0.25) is 5.02 Å². The quantitative estimate of drug-likeness (QED) is 0.451. The Morgan fingerprint density at radius 2 is 1.96 bits per heavy atom. The molecule has 0 spiro atoms. The van der Waals surface area contributed by atoms with Gasteiger partial charge < -0.3 is 15.4 Å². The lowest BCUT2D eigenvalue weighted by atomic mass is 9.90. The molecule has 0 heterocycles. The third-order valence-electron chi connectivity index (χ3n) is 4.19. The number of guanidine groups is 1. The van der Waals surface area contributed by atoms with E-state index in [9.17, 15) is 8.42 Å². The molecule has 0 saturated carbocycles. The monoisotopic (exact) mass is 417 g/mol. The van der Waals surface area contributed by atoms with E-state index in [1.54, 1.807) is 13.1 Å². The van der Waals surface area contributed by atoms with Gasteiger partial charge in [-0.3, -0.25) is 4.99 Å². The number of nitrogens with one attached hydrogen (secondary N) is 2. The Labute approximate surface area is 168 Å². The van der Waals surface area contributed by atoms with E-state index in [0.717, 1.165) is 6.42 Å². The SMILES string of the molecule is CCC(CNC(=NC)NCC(C)(C)CCS(C)(=O)=O)Oc1ccccc1Cl. The Bertz CT molecular complexity index is 721. The van der Waals surface area contributed by atoms with Crippen LogP contribution in [0.3, 0.4) is 0 Å². The van der Waals surface area contributed by atoms with Gasteiger partial charge in [0.05, 0.1) is 17.3 Å². The molecule has 0 aromatic heterocycles. The Morgan fingerprint density at radius 1 is 1.30 bits per heavy atom. The van der Waals surface area contributed by atoms with Crippen LogP contribution in [0.4, 0.5) is 0 Å². The average Bonchev–Trinajstić information content (AvgIpc) is 2.60. The molecule has 2 N–H and O–H groups in total. The normalized spacial score (nSPS) is 13.9. The van der Waals surface area contributed by atoms with E-state index in [1.165, 1.54) is 6.26 Å². The topological polar surface area (TPSA) is 79.8 Å². The Morgan fingerprint density at radius 3 is 2.52 bits per heavy atom. The highest BCUT2D eigenvalue weighted by Gasteiger charge is 2.21. The van der Waals surface area contributed by atoms with Crippen LogP contribution >= 0.6 is 11.6 Å². The summed E-state index contributed by atoms with van der Waals surface area (Å²) in [6, 6.07) is 7.41. The highest BCUT2D eigenvalue weighted by atomic mass is 35.5. The van der Waals surface area contributed by atoms with Gasteiger partial charge in [0.2, 0.25) is 0 Å². The van der Waals surface area contributed by atoms with Gasteiger partial charge >= 0.3 is 0 Å². The lowest BCUT2D eigenvalue weighted by Gasteiger charge is -2.26. The molecule has 0 aliphatic carbocycles. The van der Waals surface area contributed by atoms with Crippen molar-refractivity contribution in [2.24, 2.45) is 10.4 Å². The molecule has 1 atom stereocenters. The first-order chi connectivity index (χ1) is 12.6. The molecule has 0 amide bonds. The van der Waals surface area contributed by atoms with Gasteiger partial charge in [-0.15, -0.1) is 0 Å². The minimum absolute atomic E-state index is 0.0540. The third kappa shape index (κ3) is 9.86. The van der Waals surface area contributed by atoms with Crippen molar-refractivity contribution in [3.63, 3.8) is 0 Å². The number of benzene rings is 1. The molecule has 1 aromatic rings. The van der Waals surface area contributed by atoms with Gasteiger partial charge in [-0.05, 0) is 30.4 Å². The number of rotatable bonds is 10. The maximum Gasteiger partial charge on any atom is 0.191 e. The van der Waals surface area contributed by atoms with Crippen LogP contribution in [0, 0.1) is 5.41 Å². The molecule has 154 valence electrons. The number of hydrogen-bond acceptors (Lipinski definition) is 4. The maximum atomic E-state index is 11.4. The lowest BCUT2D eigenvalue weighted by Crippen LogP contribution is -2.45. The van der Waals surface area contributed by atoms with Crippen molar-refractivity contribution in [2.75, 3.05) is 32.1 Å². The Hall–Kier alpha value is -1.47. The molecule has 8 heteroatoms. The van der Waals surface area contributed by atoms with Crippen LogP contribution in [0.25, 0.3) is 0 Å². The fraction of sp³-hybridized carbons (Fsp3) is 0.632. The van der Waals surface area contributed by atoms with Gasteiger partial charge in [0.15, 0.2) is 5.96 Å². The molecular formula is C19H32ClN3O3S. The van der Waals surface area contributed by atoms with Crippen molar-refractivity contribution in [3.05, 3.63) is 29.3 Å². The van der Waals surface area contributed by atoms with Crippen molar-refractivity contribution in [2.45, 2.75) is 39.7 Å². The minimum atomic E-state index is -2.96. The Balaban J connectivity index is 2.51. The lowest BCUT2D eigenvalue weighted by molar-refractivity contribution is 0.199. The highest BCUT2D eigenvalue weighted by Crippen LogP contribution is 2.24. The van der Waals surface area contributed by atoms with E-state index in [1.807, 2.05) is 39.0 Å². The molecule has 0 bridgehead atoms. The van der Waals surface area contributed by atoms with E-state index in [4.69, 9.17) is 16.3 Å². The molecule has 27 heavy (non-hydrogen) atoms. The van der Waals surface area contributed by atoms with Crippen LogP contribution in [0.1, 0.15) is 33.6 Å². The molecule has 0 fully saturated rings. The fourth-order valence-corrected chi connectivity index (χ4v) is 3.40. The zero-order valence-electron chi connectivity index (χ0n) is 16.9. The highest BCUT2D eigenvalue weighted by molar-refractivity contribution is 7.90. The number of nitrogens with zero attached hydrogens (tertiary/aromatic N) is 1. The van der Waals surface area contributed by atoms with Crippen LogP contribution in [0.5, 0.6) is 5.75 Å². The van der Waals surface area contributed by atoms with Crippen molar-refractivity contribution < 1.29 is 13.2 Å². The summed E-state index contributed by atoms with van der Waals surface area (Å²) in [4.78, 5) is 4.23. The summed E-state index contributed by atoms with van der Waals surface area (Å²) in [5.41, 5.74) is -0.168. The van der Waals surface area contributed by atoms with Crippen molar-refractivity contribution in [1.82, 2.24) is 10.6 Å². The summed E-state index contributed by atoms with van der Waals surface area (Å²) in [6.07, 6.45) is 2.61. The standard InChI is InChI=1S/C19H32ClN3O3S/c1-6-15(26-17-10-8-7-9-16(17)20)13-22-18(21-4)23-14-19(2,3)11-12-27(5,24)25/h7-10,15H,6,11-14H2,1-5H3,(H2,21,22,23). The molecule has 0 aliphatic rings. The molecule has 1 aromatic carbocycles. The summed E-state index contributed by atoms with van der Waals surface area (Å²) in [5.74, 6) is 1.50. The fourth-order valence-electron chi connectivity index (χ4n) is 2.29. The molecule has 0 radical (unpaired) electrons. The van der Waals surface area contributed by atoms with E-state index < -0.39 is 9.84 Å². The van der Waals surface area contributed by atoms with Gasteiger partial charge in [0.1, 0.15) is 21.7 Å². The van der Waals surface area contributed by atoms with E-state index in [0.29, 0.717) is 36.2 Å². The zero-order valence-corrected chi connectivity index (χ0v) is 18.5. The summed E-state index contributed by atoms with van der Waals surface area (Å²) in [6.45, 7) is 7.31. The van der Waals surface area contributed by atoms with Gasteiger partial charge in [-0.1, -0.05) is 44.5 Å². The third-order valence-corrected chi connectivity index (χ3v) is 5.45. The second-order valence-electron chi connectivity index (χ2n) is 7.43. The Kier molecular flexibility index (Phi) is 9.39. The first-order valence-corrected chi connectivity index (χ1v) is 11.5. The number of hydrogen-bond donors (Lipinski definition) is 2. The minimum Gasteiger partial charge on any atom is -0.487 e. The van der Waals surface area contributed by atoms with E-state index >= 15 is 0 Å². The van der Waals surface area contributed by atoms with Crippen molar-refractivity contribution >= 4 is 27.4 Å². The van der Waals surface area contributed by atoms with Gasteiger partial charge in [-0.25, -0.2) is 8.42 Å². The van der Waals surface area contributed by atoms with Gasteiger partial charge in [0.25, 0.3) is 0 Å². The molecule has 6 nitrogen and oxygen atoms in total. The number of para-hydroxylation sites is 1. The summed E-state index contributed by atoms with van der Waals surface area (Å²) in [5, 5.41) is 7.11. The summed E-state index contributed by atoms with van der Waals surface area (Å²) in [7, 11) is -1.26. The maximum absolute atomic E-state index is 11.4. The second kappa shape index (κ2) is 10.8. The first kappa shape index (κ1) is 23.6. The summed E-state index contributed by atoms with van der Waals surface area (Å²) < 4.78 is 28.7.